The summed E-state index contributed by atoms with van der Waals surface area (Å²) in [5, 5.41) is 11.9. The SMILES string of the molecule is O=C(CCc1ccc(C(=O)O)cc1)NC[C@H]1CCOc2ccccc21. The Hall–Kier alpha value is -2.82. The molecule has 1 heterocycles. The summed E-state index contributed by atoms with van der Waals surface area (Å²) in [5.74, 6) is 0.252. The highest BCUT2D eigenvalue weighted by Gasteiger charge is 2.21. The number of aryl methyl sites for hydroxylation is 1. The summed E-state index contributed by atoms with van der Waals surface area (Å²) >= 11 is 0. The van der Waals surface area contributed by atoms with E-state index in [9.17, 15) is 9.59 Å². The molecule has 1 amide bonds. The molecule has 0 fully saturated rings. The van der Waals surface area contributed by atoms with E-state index in [2.05, 4.69) is 11.4 Å². The smallest absolute Gasteiger partial charge is 0.335 e. The van der Waals surface area contributed by atoms with E-state index in [0.29, 0.717) is 26.0 Å². The van der Waals surface area contributed by atoms with Gasteiger partial charge in [0.2, 0.25) is 5.91 Å². The first-order chi connectivity index (χ1) is 12.1. The van der Waals surface area contributed by atoms with Crippen molar-refractivity contribution in [2.24, 2.45) is 0 Å². The lowest BCUT2D eigenvalue weighted by Crippen LogP contribution is -2.30. The molecule has 0 saturated heterocycles. The highest BCUT2D eigenvalue weighted by atomic mass is 16.5. The highest BCUT2D eigenvalue weighted by molar-refractivity contribution is 5.87. The molecular weight excluding hydrogens is 318 g/mol. The standard InChI is InChI=1S/C20H21NO4/c22-19(10-7-14-5-8-15(9-6-14)20(23)24)21-13-16-11-12-25-18-4-2-1-3-17(16)18/h1-6,8-9,16H,7,10-13H2,(H,21,22)(H,23,24)/t16-/m1/s1. The minimum absolute atomic E-state index is 0.00582. The Morgan fingerprint density at radius 3 is 2.64 bits per heavy atom. The van der Waals surface area contributed by atoms with Crippen LogP contribution in [0.25, 0.3) is 0 Å². The number of amides is 1. The van der Waals surface area contributed by atoms with Crippen molar-refractivity contribution in [2.45, 2.75) is 25.2 Å². The summed E-state index contributed by atoms with van der Waals surface area (Å²) in [7, 11) is 0. The first-order valence-electron chi connectivity index (χ1n) is 8.44. The zero-order valence-corrected chi connectivity index (χ0v) is 13.9. The molecule has 0 unspecified atom stereocenters. The van der Waals surface area contributed by atoms with Crippen LogP contribution in [-0.4, -0.2) is 30.1 Å². The van der Waals surface area contributed by atoms with Gasteiger partial charge in [-0.25, -0.2) is 4.79 Å². The molecule has 25 heavy (non-hydrogen) atoms. The van der Waals surface area contributed by atoms with Gasteiger partial charge < -0.3 is 15.2 Å². The van der Waals surface area contributed by atoms with Gasteiger partial charge in [-0.15, -0.1) is 0 Å². The molecule has 0 aliphatic carbocycles. The average molecular weight is 339 g/mol. The van der Waals surface area contributed by atoms with Crippen molar-refractivity contribution in [1.29, 1.82) is 0 Å². The summed E-state index contributed by atoms with van der Waals surface area (Å²) in [6, 6.07) is 14.6. The van der Waals surface area contributed by atoms with Crippen molar-refractivity contribution >= 4 is 11.9 Å². The number of fused-ring (bicyclic) bond motifs is 1. The van der Waals surface area contributed by atoms with E-state index in [4.69, 9.17) is 9.84 Å². The number of rotatable bonds is 6. The van der Waals surface area contributed by atoms with Crippen LogP contribution in [0.2, 0.25) is 0 Å². The summed E-state index contributed by atoms with van der Waals surface area (Å²) in [6.45, 7) is 1.28. The van der Waals surface area contributed by atoms with Crippen molar-refractivity contribution in [1.82, 2.24) is 5.32 Å². The predicted octanol–water partition coefficient (Wildman–Crippen LogP) is 3.00. The Balaban J connectivity index is 1.48. The predicted molar refractivity (Wildman–Crippen MR) is 94.0 cm³/mol. The molecule has 0 bridgehead atoms. The molecule has 2 aromatic rings. The second-order valence-electron chi connectivity index (χ2n) is 6.18. The quantitative estimate of drug-likeness (QED) is 0.848. The Kier molecular flexibility index (Phi) is 5.33. The fourth-order valence-corrected chi connectivity index (χ4v) is 3.03. The van der Waals surface area contributed by atoms with Crippen LogP contribution in [-0.2, 0) is 11.2 Å². The van der Waals surface area contributed by atoms with Crippen LogP contribution in [0.5, 0.6) is 5.75 Å². The molecule has 1 atom stereocenters. The number of hydrogen-bond donors (Lipinski definition) is 2. The molecular formula is C20H21NO4. The lowest BCUT2D eigenvalue weighted by Gasteiger charge is -2.26. The van der Waals surface area contributed by atoms with Crippen molar-refractivity contribution < 1.29 is 19.4 Å². The molecule has 2 aromatic carbocycles. The van der Waals surface area contributed by atoms with Gasteiger partial charge in [0.05, 0.1) is 12.2 Å². The van der Waals surface area contributed by atoms with Crippen LogP contribution in [0, 0.1) is 0 Å². The summed E-state index contributed by atoms with van der Waals surface area (Å²) in [5.41, 5.74) is 2.36. The molecule has 0 aromatic heterocycles. The fourth-order valence-electron chi connectivity index (χ4n) is 3.03. The van der Waals surface area contributed by atoms with Crippen LogP contribution in [0.15, 0.2) is 48.5 Å². The number of carbonyl (C=O) groups excluding carboxylic acids is 1. The van der Waals surface area contributed by atoms with Crippen LogP contribution in [0.1, 0.15) is 40.2 Å². The molecule has 1 aliphatic heterocycles. The molecule has 5 nitrogen and oxygen atoms in total. The third-order valence-electron chi connectivity index (χ3n) is 4.47. The number of benzene rings is 2. The molecule has 0 spiro atoms. The molecule has 2 N–H and O–H groups in total. The number of aromatic carboxylic acids is 1. The largest absolute Gasteiger partial charge is 0.493 e. The summed E-state index contributed by atoms with van der Waals surface area (Å²) in [4.78, 5) is 22.9. The van der Waals surface area contributed by atoms with E-state index in [1.54, 1.807) is 24.3 Å². The third kappa shape index (κ3) is 4.38. The first-order valence-corrected chi connectivity index (χ1v) is 8.44. The zero-order valence-electron chi connectivity index (χ0n) is 13.9. The Bertz CT molecular complexity index is 755. The maximum atomic E-state index is 12.1. The van der Waals surface area contributed by atoms with E-state index in [0.717, 1.165) is 23.3 Å². The normalized spacial score (nSPS) is 15.8. The van der Waals surface area contributed by atoms with Crippen molar-refractivity contribution in [3.05, 3.63) is 65.2 Å². The van der Waals surface area contributed by atoms with Gasteiger partial charge in [0.25, 0.3) is 0 Å². The maximum Gasteiger partial charge on any atom is 0.335 e. The van der Waals surface area contributed by atoms with Crippen LogP contribution >= 0.6 is 0 Å². The van der Waals surface area contributed by atoms with Gasteiger partial charge in [0, 0.05) is 18.9 Å². The molecule has 5 heteroatoms. The number of nitrogens with one attached hydrogen (secondary N) is 1. The van der Waals surface area contributed by atoms with E-state index < -0.39 is 5.97 Å². The number of ether oxygens (including phenoxy) is 1. The van der Waals surface area contributed by atoms with Crippen LogP contribution in [0.4, 0.5) is 0 Å². The average Bonchev–Trinajstić information content (AvgIpc) is 2.65. The van der Waals surface area contributed by atoms with Crippen molar-refractivity contribution in [2.75, 3.05) is 13.2 Å². The van der Waals surface area contributed by atoms with Crippen LogP contribution < -0.4 is 10.1 Å². The Morgan fingerprint density at radius 2 is 1.88 bits per heavy atom. The maximum absolute atomic E-state index is 12.1. The molecule has 3 rings (SSSR count). The van der Waals surface area contributed by atoms with Gasteiger partial charge in [-0.1, -0.05) is 30.3 Å². The molecule has 0 radical (unpaired) electrons. The monoisotopic (exact) mass is 339 g/mol. The van der Waals surface area contributed by atoms with Crippen LogP contribution in [0.3, 0.4) is 0 Å². The van der Waals surface area contributed by atoms with E-state index >= 15 is 0 Å². The van der Waals surface area contributed by atoms with Gasteiger partial charge in [-0.3, -0.25) is 4.79 Å². The highest BCUT2D eigenvalue weighted by Crippen LogP contribution is 2.32. The first kappa shape index (κ1) is 17.0. The van der Waals surface area contributed by atoms with E-state index in [-0.39, 0.29) is 17.4 Å². The lowest BCUT2D eigenvalue weighted by atomic mass is 9.93. The Labute approximate surface area is 146 Å². The van der Waals surface area contributed by atoms with Gasteiger partial charge in [-0.2, -0.15) is 0 Å². The van der Waals surface area contributed by atoms with Gasteiger partial charge in [0.1, 0.15) is 5.75 Å². The van der Waals surface area contributed by atoms with Crippen molar-refractivity contribution in [3.8, 4) is 5.75 Å². The fraction of sp³-hybridized carbons (Fsp3) is 0.300. The number of para-hydroxylation sites is 1. The summed E-state index contributed by atoms with van der Waals surface area (Å²) < 4.78 is 5.64. The second-order valence-corrected chi connectivity index (χ2v) is 6.18. The van der Waals surface area contributed by atoms with E-state index in [1.807, 2.05) is 18.2 Å². The minimum Gasteiger partial charge on any atom is -0.493 e. The number of carbonyl (C=O) groups is 2. The zero-order chi connectivity index (χ0) is 17.6. The molecule has 1 aliphatic rings. The second kappa shape index (κ2) is 7.83. The topological polar surface area (TPSA) is 75.6 Å². The Morgan fingerprint density at radius 1 is 1.12 bits per heavy atom. The number of hydrogen-bond acceptors (Lipinski definition) is 3. The lowest BCUT2D eigenvalue weighted by molar-refractivity contribution is -0.121. The minimum atomic E-state index is -0.943. The number of carboxylic acid groups (broad SMARTS) is 1. The van der Waals surface area contributed by atoms with E-state index in [1.165, 1.54) is 0 Å². The van der Waals surface area contributed by atoms with Crippen molar-refractivity contribution in [3.63, 3.8) is 0 Å². The molecule has 0 saturated carbocycles. The van der Waals surface area contributed by atoms with Gasteiger partial charge in [0.15, 0.2) is 0 Å². The summed E-state index contributed by atoms with van der Waals surface area (Å²) in [6.07, 6.45) is 1.88. The van der Waals surface area contributed by atoms with Gasteiger partial charge >= 0.3 is 5.97 Å². The number of carboxylic acids is 1. The van der Waals surface area contributed by atoms with Gasteiger partial charge in [-0.05, 0) is 42.2 Å². The molecule has 130 valence electrons. The third-order valence-corrected chi connectivity index (χ3v) is 4.47.